The van der Waals surface area contributed by atoms with Crippen molar-refractivity contribution in [2.75, 3.05) is 19.7 Å². The maximum atomic E-state index is 14.0. The van der Waals surface area contributed by atoms with E-state index in [4.69, 9.17) is 4.84 Å². The Balaban J connectivity index is 2.35. The van der Waals surface area contributed by atoms with Crippen LogP contribution in [0.2, 0.25) is 0 Å². The Kier molecular flexibility index (Phi) is 6.12. The Morgan fingerprint density at radius 1 is 1.32 bits per heavy atom. The SMILES string of the molecule is CCONC1CC=C(c2cccc(F)c2F)CN(CC(F)(F)F)C1=O. The molecule has 9 heteroatoms. The highest BCUT2D eigenvalue weighted by Crippen LogP contribution is 2.27. The second-order valence-electron chi connectivity index (χ2n) is 5.48. The topological polar surface area (TPSA) is 41.6 Å². The van der Waals surface area contributed by atoms with Crippen LogP contribution in [0.4, 0.5) is 22.0 Å². The summed E-state index contributed by atoms with van der Waals surface area (Å²) in [5.74, 6) is -3.10. The molecule has 0 aromatic heterocycles. The van der Waals surface area contributed by atoms with Gasteiger partial charge in [0.25, 0.3) is 0 Å². The third-order valence-corrected chi connectivity index (χ3v) is 3.61. The van der Waals surface area contributed by atoms with Crippen molar-refractivity contribution in [2.24, 2.45) is 0 Å². The Hall–Kier alpha value is -2.00. The first kappa shape index (κ1) is 19.3. The molecule has 1 atom stereocenters. The monoisotopic (exact) mass is 364 g/mol. The minimum absolute atomic E-state index is 0.0154. The lowest BCUT2D eigenvalue weighted by Crippen LogP contribution is -2.48. The van der Waals surface area contributed by atoms with Crippen molar-refractivity contribution >= 4 is 11.5 Å². The van der Waals surface area contributed by atoms with Crippen LogP contribution in [0.5, 0.6) is 0 Å². The van der Waals surface area contributed by atoms with Crippen molar-refractivity contribution in [3.05, 3.63) is 41.5 Å². The predicted octanol–water partition coefficient (Wildman–Crippen LogP) is 3.05. The van der Waals surface area contributed by atoms with E-state index in [1.54, 1.807) is 6.92 Å². The van der Waals surface area contributed by atoms with Gasteiger partial charge in [0, 0.05) is 12.1 Å². The first-order valence-corrected chi connectivity index (χ1v) is 7.59. The Morgan fingerprint density at radius 3 is 2.68 bits per heavy atom. The van der Waals surface area contributed by atoms with E-state index in [0.29, 0.717) is 4.90 Å². The van der Waals surface area contributed by atoms with Gasteiger partial charge in [0.1, 0.15) is 12.6 Å². The molecule has 25 heavy (non-hydrogen) atoms. The number of hydrogen-bond acceptors (Lipinski definition) is 3. The zero-order chi connectivity index (χ0) is 18.6. The number of hydrogen-bond donors (Lipinski definition) is 1. The third kappa shape index (κ3) is 4.99. The number of alkyl halides is 3. The number of nitrogens with zero attached hydrogens (tertiary/aromatic N) is 1. The predicted molar refractivity (Wildman–Crippen MR) is 80.1 cm³/mol. The Bertz CT molecular complexity index is 660. The molecule has 0 spiro atoms. The number of hydroxylamine groups is 1. The van der Waals surface area contributed by atoms with Gasteiger partial charge in [-0.25, -0.2) is 8.78 Å². The number of carbonyl (C=O) groups excluding carboxylic acids is 1. The van der Waals surface area contributed by atoms with E-state index in [0.717, 1.165) is 6.07 Å². The second kappa shape index (κ2) is 7.92. The van der Waals surface area contributed by atoms with Gasteiger partial charge in [-0.2, -0.15) is 18.7 Å². The second-order valence-corrected chi connectivity index (χ2v) is 5.48. The fraction of sp³-hybridized carbons (Fsp3) is 0.438. The molecule has 1 aliphatic heterocycles. The molecule has 0 fully saturated rings. The van der Waals surface area contributed by atoms with Crippen LogP contribution >= 0.6 is 0 Å². The van der Waals surface area contributed by atoms with Crippen molar-refractivity contribution in [2.45, 2.75) is 25.6 Å². The van der Waals surface area contributed by atoms with Gasteiger partial charge in [-0.05, 0) is 25.0 Å². The molecule has 0 bridgehead atoms. The lowest BCUT2D eigenvalue weighted by Gasteiger charge is -2.26. The van der Waals surface area contributed by atoms with Crippen LogP contribution < -0.4 is 5.48 Å². The van der Waals surface area contributed by atoms with Crippen LogP contribution in [0.15, 0.2) is 24.3 Å². The van der Waals surface area contributed by atoms with Crippen LogP contribution in [0.3, 0.4) is 0 Å². The molecule has 0 saturated heterocycles. The van der Waals surface area contributed by atoms with Gasteiger partial charge < -0.3 is 9.74 Å². The fourth-order valence-electron chi connectivity index (χ4n) is 2.51. The molecule has 1 N–H and O–H groups in total. The highest BCUT2D eigenvalue weighted by atomic mass is 19.4. The van der Waals surface area contributed by atoms with Crippen molar-refractivity contribution < 1.29 is 31.6 Å². The summed E-state index contributed by atoms with van der Waals surface area (Å²) in [6.45, 7) is -0.128. The summed E-state index contributed by atoms with van der Waals surface area (Å²) >= 11 is 0. The molecular formula is C16H17F5N2O2. The Labute approximate surface area is 141 Å². The van der Waals surface area contributed by atoms with Gasteiger partial charge in [0.05, 0.1) is 6.61 Å². The summed E-state index contributed by atoms with van der Waals surface area (Å²) in [4.78, 5) is 17.8. The number of amides is 1. The van der Waals surface area contributed by atoms with Crippen molar-refractivity contribution in [3.8, 4) is 0 Å². The zero-order valence-corrected chi connectivity index (χ0v) is 13.4. The highest BCUT2D eigenvalue weighted by Gasteiger charge is 2.37. The Morgan fingerprint density at radius 2 is 2.04 bits per heavy atom. The first-order chi connectivity index (χ1) is 11.7. The molecule has 1 aromatic rings. The van der Waals surface area contributed by atoms with Gasteiger partial charge in [-0.1, -0.05) is 18.2 Å². The number of halogens is 5. The molecule has 1 aliphatic rings. The molecule has 0 radical (unpaired) electrons. The van der Waals surface area contributed by atoms with Gasteiger partial charge in [-0.15, -0.1) is 0 Å². The van der Waals surface area contributed by atoms with Gasteiger partial charge in [-0.3, -0.25) is 4.79 Å². The van der Waals surface area contributed by atoms with E-state index in [9.17, 15) is 26.7 Å². The van der Waals surface area contributed by atoms with Gasteiger partial charge in [0.15, 0.2) is 11.6 Å². The number of nitrogens with one attached hydrogen (secondary N) is 1. The highest BCUT2D eigenvalue weighted by molar-refractivity contribution is 5.86. The lowest BCUT2D eigenvalue weighted by atomic mass is 10.0. The normalized spacial score (nSPS) is 19.0. The maximum Gasteiger partial charge on any atom is 0.406 e. The largest absolute Gasteiger partial charge is 0.406 e. The van der Waals surface area contributed by atoms with E-state index in [1.165, 1.54) is 18.2 Å². The first-order valence-electron chi connectivity index (χ1n) is 7.59. The van der Waals surface area contributed by atoms with E-state index in [-0.39, 0.29) is 24.2 Å². The number of carbonyl (C=O) groups is 1. The summed E-state index contributed by atoms with van der Waals surface area (Å²) in [5.41, 5.74) is 2.34. The zero-order valence-electron chi connectivity index (χ0n) is 13.4. The summed E-state index contributed by atoms with van der Waals surface area (Å²) in [7, 11) is 0. The van der Waals surface area contributed by atoms with Crippen LogP contribution in [0.1, 0.15) is 18.9 Å². The van der Waals surface area contributed by atoms with Crippen LogP contribution in [0.25, 0.3) is 5.57 Å². The van der Waals surface area contributed by atoms with E-state index in [1.807, 2.05) is 0 Å². The molecule has 1 aromatic carbocycles. The number of rotatable bonds is 5. The van der Waals surface area contributed by atoms with Gasteiger partial charge >= 0.3 is 6.18 Å². The molecule has 138 valence electrons. The van der Waals surface area contributed by atoms with Crippen molar-refractivity contribution in [1.82, 2.24) is 10.4 Å². The molecular weight excluding hydrogens is 347 g/mol. The fourth-order valence-corrected chi connectivity index (χ4v) is 2.51. The summed E-state index contributed by atoms with van der Waals surface area (Å²) in [6.07, 6.45) is -3.22. The van der Waals surface area contributed by atoms with Crippen LogP contribution in [0, 0.1) is 11.6 Å². The minimum Gasteiger partial charge on any atom is -0.328 e. The summed E-state index contributed by atoms with van der Waals surface area (Å²) in [5, 5.41) is 0. The molecule has 4 nitrogen and oxygen atoms in total. The third-order valence-electron chi connectivity index (χ3n) is 3.61. The molecule has 0 aliphatic carbocycles. The molecule has 1 amide bonds. The van der Waals surface area contributed by atoms with Crippen molar-refractivity contribution in [1.29, 1.82) is 0 Å². The van der Waals surface area contributed by atoms with E-state index < -0.39 is 42.8 Å². The average Bonchev–Trinajstić information content (AvgIpc) is 2.67. The molecule has 0 saturated carbocycles. The van der Waals surface area contributed by atoms with E-state index >= 15 is 0 Å². The lowest BCUT2D eigenvalue weighted by molar-refractivity contribution is -0.163. The standard InChI is InChI=1S/C16H17F5N2O2/c1-2-25-22-13-7-6-10(11-4-3-5-12(17)14(11)18)8-23(15(13)24)9-16(19,20)21/h3-6,13,22H,2,7-9H2,1H3. The van der Waals surface area contributed by atoms with Crippen LogP contribution in [-0.2, 0) is 9.63 Å². The summed E-state index contributed by atoms with van der Waals surface area (Å²) in [6, 6.07) is 2.38. The molecule has 2 rings (SSSR count). The van der Waals surface area contributed by atoms with Crippen molar-refractivity contribution in [3.63, 3.8) is 0 Å². The van der Waals surface area contributed by atoms with E-state index in [2.05, 4.69) is 5.48 Å². The molecule has 1 heterocycles. The maximum absolute atomic E-state index is 14.0. The van der Waals surface area contributed by atoms with Gasteiger partial charge in [0.2, 0.25) is 5.91 Å². The average molecular weight is 364 g/mol. The summed E-state index contributed by atoms with van der Waals surface area (Å²) < 4.78 is 65.8. The van der Waals surface area contributed by atoms with Crippen LogP contribution in [-0.4, -0.2) is 42.7 Å². The minimum atomic E-state index is -4.62. The molecule has 1 unspecified atom stereocenters. The smallest absolute Gasteiger partial charge is 0.328 e. The number of benzene rings is 1. The quantitative estimate of drug-likeness (QED) is 0.645.